The first-order chi connectivity index (χ1) is 9.42. The summed E-state index contributed by atoms with van der Waals surface area (Å²) in [6.45, 7) is 2.62. The molecular weight excluding hydrogens is 234 g/mol. The Bertz CT molecular complexity index is 470. The molecule has 3 heteroatoms. The Morgan fingerprint density at radius 2 is 1.74 bits per heavy atom. The summed E-state index contributed by atoms with van der Waals surface area (Å²) in [5, 5.41) is 0. The lowest BCUT2D eigenvalue weighted by molar-refractivity contribution is -0.848. The van der Waals surface area contributed by atoms with Gasteiger partial charge >= 0.3 is 0 Å². The van der Waals surface area contributed by atoms with Crippen LogP contribution in [0.1, 0.15) is 25.7 Å². The van der Waals surface area contributed by atoms with Crippen LogP contribution in [0.3, 0.4) is 0 Å². The SMILES string of the molecule is C1=C(NNc2ccccc2)C=C([NH+]2CCCC2)CC1. The quantitative estimate of drug-likeness (QED) is 0.718. The molecule has 1 fully saturated rings. The van der Waals surface area contributed by atoms with Crippen molar-refractivity contribution in [2.75, 3.05) is 18.5 Å². The van der Waals surface area contributed by atoms with Crippen LogP contribution in [0.15, 0.2) is 53.9 Å². The van der Waals surface area contributed by atoms with Gasteiger partial charge in [-0.05, 0) is 18.6 Å². The summed E-state index contributed by atoms with van der Waals surface area (Å²) < 4.78 is 0. The molecule has 3 N–H and O–H groups in total. The van der Waals surface area contributed by atoms with E-state index in [-0.39, 0.29) is 0 Å². The number of allylic oxidation sites excluding steroid dienone is 3. The molecule has 0 bridgehead atoms. The summed E-state index contributed by atoms with van der Waals surface area (Å²) in [5.74, 6) is 0. The lowest BCUT2D eigenvalue weighted by atomic mass is 10.1. The van der Waals surface area contributed by atoms with E-state index in [4.69, 9.17) is 0 Å². The topological polar surface area (TPSA) is 28.5 Å². The number of quaternary nitrogens is 1. The summed E-state index contributed by atoms with van der Waals surface area (Å²) in [6, 6.07) is 10.2. The maximum atomic E-state index is 3.31. The molecule has 1 aromatic carbocycles. The molecule has 1 aliphatic carbocycles. The van der Waals surface area contributed by atoms with Crippen LogP contribution < -0.4 is 15.8 Å². The summed E-state index contributed by atoms with van der Waals surface area (Å²) >= 11 is 0. The van der Waals surface area contributed by atoms with Gasteiger partial charge in [-0.2, -0.15) is 0 Å². The number of likely N-dealkylation sites (tertiary alicyclic amines) is 1. The highest BCUT2D eigenvalue weighted by Gasteiger charge is 2.21. The van der Waals surface area contributed by atoms with E-state index in [0.717, 1.165) is 12.1 Å². The molecule has 100 valence electrons. The van der Waals surface area contributed by atoms with E-state index in [1.165, 1.54) is 38.0 Å². The van der Waals surface area contributed by atoms with Crippen molar-refractivity contribution in [3.63, 3.8) is 0 Å². The number of nitrogens with one attached hydrogen (secondary N) is 3. The van der Waals surface area contributed by atoms with Gasteiger partial charge in [0.2, 0.25) is 0 Å². The Hall–Kier alpha value is -1.74. The van der Waals surface area contributed by atoms with Crippen molar-refractivity contribution in [1.29, 1.82) is 0 Å². The van der Waals surface area contributed by atoms with Gasteiger partial charge in [0.15, 0.2) is 0 Å². The molecule has 0 spiro atoms. The molecule has 0 radical (unpaired) electrons. The van der Waals surface area contributed by atoms with Gasteiger partial charge in [0.05, 0.1) is 24.5 Å². The zero-order valence-electron chi connectivity index (χ0n) is 11.3. The lowest BCUT2D eigenvalue weighted by Crippen LogP contribution is -3.08. The van der Waals surface area contributed by atoms with Crippen molar-refractivity contribution >= 4 is 5.69 Å². The van der Waals surface area contributed by atoms with Crippen LogP contribution in [0, 0.1) is 0 Å². The highest BCUT2D eigenvalue weighted by Crippen LogP contribution is 2.13. The van der Waals surface area contributed by atoms with Gasteiger partial charge in [-0.25, -0.2) is 0 Å². The van der Waals surface area contributed by atoms with Crippen LogP contribution in [0.25, 0.3) is 0 Å². The smallest absolute Gasteiger partial charge is 0.110 e. The molecule has 0 unspecified atom stereocenters. The molecule has 0 aromatic heterocycles. The van der Waals surface area contributed by atoms with E-state index in [9.17, 15) is 0 Å². The second-order valence-corrected chi connectivity index (χ2v) is 5.29. The fraction of sp³-hybridized carbons (Fsp3) is 0.375. The third-order valence-electron chi connectivity index (χ3n) is 3.89. The predicted octanol–water partition coefficient (Wildman–Crippen LogP) is 1.84. The number of para-hydroxylation sites is 1. The molecule has 3 nitrogen and oxygen atoms in total. The van der Waals surface area contributed by atoms with Crippen LogP contribution in [0.5, 0.6) is 0 Å². The van der Waals surface area contributed by atoms with Crippen molar-refractivity contribution in [2.45, 2.75) is 25.7 Å². The standard InChI is InChI=1S/C16H21N3/c1-2-7-14(8-3-1)17-18-15-9-6-10-16(13-15)19-11-4-5-12-19/h1-3,7-9,13,17-18H,4-6,10-12H2/p+1. The van der Waals surface area contributed by atoms with Crippen LogP contribution in [0.4, 0.5) is 5.69 Å². The molecule has 1 saturated heterocycles. The Balaban J connectivity index is 1.60. The first kappa shape index (κ1) is 12.3. The molecule has 19 heavy (non-hydrogen) atoms. The maximum Gasteiger partial charge on any atom is 0.110 e. The molecule has 1 aromatic rings. The number of hydrogen-bond acceptors (Lipinski definition) is 2. The van der Waals surface area contributed by atoms with Gasteiger partial charge < -0.3 is 15.8 Å². The van der Waals surface area contributed by atoms with Crippen molar-refractivity contribution in [3.8, 4) is 0 Å². The number of rotatable bonds is 4. The fourth-order valence-corrected chi connectivity index (χ4v) is 2.86. The Labute approximate surface area is 115 Å². The minimum Gasteiger partial charge on any atom is -0.306 e. The Morgan fingerprint density at radius 3 is 2.53 bits per heavy atom. The first-order valence-corrected chi connectivity index (χ1v) is 7.25. The van der Waals surface area contributed by atoms with Gasteiger partial charge in [-0.3, -0.25) is 0 Å². The van der Waals surface area contributed by atoms with Crippen molar-refractivity contribution in [3.05, 3.63) is 53.9 Å². The molecule has 2 aliphatic rings. The zero-order chi connectivity index (χ0) is 12.9. The number of hydrogen-bond donors (Lipinski definition) is 3. The van der Waals surface area contributed by atoms with Gasteiger partial charge in [0.25, 0.3) is 0 Å². The normalized spacial score (nSPS) is 19.8. The molecule has 1 aliphatic heterocycles. The van der Waals surface area contributed by atoms with Gasteiger partial charge in [0.1, 0.15) is 5.70 Å². The number of hydrazine groups is 1. The molecule has 0 atom stereocenters. The van der Waals surface area contributed by atoms with Gasteiger partial charge in [0, 0.05) is 25.3 Å². The largest absolute Gasteiger partial charge is 0.306 e. The highest BCUT2D eigenvalue weighted by atomic mass is 15.4. The average Bonchev–Trinajstić information content (AvgIpc) is 3.01. The first-order valence-electron chi connectivity index (χ1n) is 7.25. The third kappa shape index (κ3) is 3.18. The third-order valence-corrected chi connectivity index (χ3v) is 3.89. The van der Waals surface area contributed by atoms with Gasteiger partial charge in [-0.15, -0.1) is 0 Å². The van der Waals surface area contributed by atoms with E-state index >= 15 is 0 Å². The van der Waals surface area contributed by atoms with Crippen molar-refractivity contribution in [1.82, 2.24) is 5.43 Å². The average molecular weight is 256 g/mol. The van der Waals surface area contributed by atoms with E-state index in [0.29, 0.717) is 0 Å². The minimum absolute atomic E-state index is 1.09. The molecule has 0 saturated carbocycles. The maximum absolute atomic E-state index is 3.31. The van der Waals surface area contributed by atoms with E-state index in [1.807, 2.05) is 18.2 Å². The molecule has 0 amide bonds. The van der Waals surface area contributed by atoms with E-state index in [2.05, 4.69) is 35.1 Å². The van der Waals surface area contributed by atoms with Crippen LogP contribution in [-0.2, 0) is 0 Å². The molecule has 3 rings (SSSR count). The van der Waals surface area contributed by atoms with Crippen LogP contribution >= 0.6 is 0 Å². The van der Waals surface area contributed by atoms with Crippen molar-refractivity contribution < 1.29 is 4.90 Å². The van der Waals surface area contributed by atoms with Crippen LogP contribution in [0.2, 0.25) is 0 Å². The number of benzene rings is 1. The van der Waals surface area contributed by atoms with Crippen molar-refractivity contribution in [2.24, 2.45) is 0 Å². The lowest BCUT2D eigenvalue weighted by Gasteiger charge is -2.20. The Kier molecular flexibility index (Phi) is 3.84. The minimum atomic E-state index is 1.09. The van der Waals surface area contributed by atoms with Gasteiger partial charge in [-0.1, -0.05) is 24.3 Å². The summed E-state index contributed by atoms with van der Waals surface area (Å²) in [4.78, 5) is 1.69. The Morgan fingerprint density at radius 1 is 0.947 bits per heavy atom. The second kappa shape index (κ2) is 5.93. The second-order valence-electron chi connectivity index (χ2n) is 5.29. The fourth-order valence-electron chi connectivity index (χ4n) is 2.86. The molecule has 1 heterocycles. The number of anilines is 1. The summed E-state index contributed by atoms with van der Waals surface area (Å²) in [6.07, 6.45) is 9.71. The molecular formula is C16H22N3+. The highest BCUT2D eigenvalue weighted by molar-refractivity contribution is 5.42. The van der Waals surface area contributed by atoms with Crippen LogP contribution in [-0.4, -0.2) is 13.1 Å². The van der Waals surface area contributed by atoms with E-state index < -0.39 is 0 Å². The zero-order valence-corrected chi connectivity index (χ0v) is 11.3. The summed E-state index contributed by atoms with van der Waals surface area (Å²) in [5.41, 5.74) is 10.4. The summed E-state index contributed by atoms with van der Waals surface area (Å²) in [7, 11) is 0. The predicted molar refractivity (Wildman–Crippen MR) is 78.5 cm³/mol. The van der Waals surface area contributed by atoms with E-state index in [1.54, 1.807) is 10.6 Å². The monoisotopic (exact) mass is 256 g/mol.